The van der Waals surface area contributed by atoms with Crippen molar-refractivity contribution in [2.24, 2.45) is 0 Å². The Morgan fingerprint density at radius 1 is 0.968 bits per heavy atom. The van der Waals surface area contributed by atoms with E-state index in [-0.39, 0.29) is 11.8 Å². The Kier molecular flexibility index (Phi) is 6.19. The van der Waals surface area contributed by atoms with Crippen LogP contribution in [-0.2, 0) is 9.59 Å². The highest BCUT2D eigenvalue weighted by atomic mass is 32.2. The molecule has 1 heterocycles. The fourth-order valence-electron chi connectivity index (χ4n) is 2.99. The molecule has 2 N–H and O–H groups in total. The van der Waals surface area contributed by atoms with E-state index in [1.54, 1.807) is 37.5 Å². The number of hydrogen-bond acceptors (Lipinski definition) is 4. The molecule has 3 aromatic carbocycles. The third kappa shape index (κ3) is 5.24. The number of carbonyl (C=O) groups is 2. The summed E-state index contributed by atoms with van der Waals surface area (Å²) in [6, 6.07) is 22.5. The monoisotopic (exact) mass is 428 g/mol. The number of para-hydroxylation sites is 1. The van der Waals surface area contributed by atoms with Gasteiger partial charge in [-0.15, -0.1) is 0 Å². The van der Waals surface area contributed by atoms with Crippen molar-refractivity contribution in [3.8, 4) is 5.75 Å². The molecule has 0 bridgehead atoms. The Labute approximate surface area is 184 Å². The number of carbonyl (C=O) groups excluding carboxylic acids is 2. The van der Waals surface area contributed by atoms with E-state index >= 15 is 0 Å². The molecule has 154 valence electrons. The van der Waals surface area contributed by atoms with Gasteiger partial charge in [0.05, 0.1) is 17.7 Å². The molecule has 5 nitrogen and oxygen atoms in total. The Morgan fingerprint density at radius 3 is 2.42 bits per heavy atom. The van der Waals surface area contributed by atoms with Crippen LogP contribution >= 0.6 is 11.8 Å². The van der Waals surface area contributed by atoms with Crippen LogP contribution in [0.2, 0.25) is 0 Å². The summed E-state index contributed by atoms with van der Waals surface area (Å²) in [5, 5.41) is 5.71. The summed E-state index contributed by atoms with van der Waals surface area (Å²) in [7, 11) is 1.60. The van der Waals surface area contributed by atoms with Gasteiger partial charge in [0.2, 0.25) is 5.91 Å². The molecule has 0 radical (unpaired) electrons. The Balaban J connectivity index is 1.39. The first-order valence-corrected chi connectivity index (χ1v) is 10.5. The van der Waals surface area contributed by atoms with Gasteiger partial charge in [-0.3, -0.25) is 9.59 Å². The molecule has 0 fully saturated rings. The zero-order valence-corrected chi connectivity index (χ0v) is 17.6. The lowest BCUT2D eigenvalue weighted by molar-refractivity contribution is -0.112. The lowest BCUT2D eigenvalue weighted by Crippen LogP contribution is -2.17. The molecule has 2 amide bonds. The number of benzene rings is 3. The first-order valence-electron chi connectivity index (χ1n) is 9.64. The minimum Gasteiger partial charge on any atom is -0.497 e. The maximum absolute atomic E-state index is 12.3. The number of methoxy groups -OCH3 is 1. The summed E-state index contributed by atoms with van der Waals surface area (Å²) in [5.74, 6) is 0.407. The summed E-state index contributed by atoms with van der Waals surface area (Å²) >= 11 is 1.46. The van der Waals surface area contributed by atoms with Crippen molar-refractivity contribution in [3.05, 3.63) is 94.9 Å². The Morgan fingerprint density at radius 2 is 1.68 bits per heavy atom. The molecular formula is C25H20N2O3S. The lowest BCUT2D eigenvalue weighted by Gasteiger charge is -2.18. The van der Waals surface area contributed by atoms with Crippen molar-refractivity contribution in [2.45, 2.75) is 4.90 Å². The third-order valence-electron chi connectivity index (χ3n) is 4.60. The molecule has 0 unspecified atom stereocenters. The summed E-state index contributed by atoms with van der Waals surface area (Å²) < 4.78 is 5.10. The van der Waals surface area contributed by atoms with E-state index in [4.69, 9.17) is 4.74 Å². The minimum atomic E-state index is -0.217. The van der Waals surface area contributed by atoms with Crippen molar-refractivity contribution >= 4 is 47.1 Å². The van der Waals surface area contributed by atoms with Crippen LogP contribution in [0.15, 0.2) is 88.7 Å². The van der Waals surface area contributed by atoms with E-state index in [2.05, 4.69) is 10.6 Å². The van der Waals surface area contributed by atoms with Crippen LogP contribution < -0.4 is 15.4 Å². The summed E-state index contributed by atoms with van der Waals surface area (Å²) in [6.45, 7) is 0. The van der Waals surface area contributed by atoms with Crippen molar-refractivity contribution in [1.29, 1.82) is 0 Å². The summed E-state index contributed by atoms with van der Waals surface area (Å²) in [4.78, 5) is 26.1. The number of amides is 2. The van der Waals surface area contributed by atoms with E-state index in [0.29, 0.717) is 10.6 Å². The molecule has 0 saturated heterocycles. The standard InChI is InChI=1S/C25H20N2O3S/c1-30-20-13-11-19(12-14-20)26-24(28)15-10-17-6-8-18(9-7-17)16-23-25(29)27-21-4-2-3-5-22(21)31-23/h2-16H,1H3,(H,26,28)(H,27,29)/b15-10+,23-16+. The minimum absolute atomic E-state index is 0.108. The normalized spacial score (nSPS) is 14.2. The quantitative estimate of drug-likeness (QED) is 0.532. The van der Waals surface area contributed by atoms with Crippen LogP contribution in [0.1, 0.15) is 11.1 Å². The molecule has 3 aromatic rings. The van der Waals surface area contributed by atoms with Gasteiger partial charge in [-0.25, -0.2) is 0 Å². The smallest absolute Gasteiger partial charge is 0.262 e. The second-order valence-corrected chi connectivity index (χ2v) is 7.86. The van der Waals surface area contributed by atoms with Gasteiger partial charge in [-0.05, 0) is 59.7 Å². The fraction of sp³-hybridized carbons (Fsp3) is 0.0400. The molecular weight excluding hydrogens is 408 g/mol. The second kappa shape index (κ2) is 9.36. The van der Waals surface area contributed by atoms with Gasteiger partial charge < -0.3 is 15.4 Å². The van der Waals surface area contributed by atoms with Gasteiger partial charge in [0.1, 0.15) is 5.75 Å². The van der Waals surface area contributed by atoms with Gasteiger partial charge in [0.15, 0.2) is 0 Å². The highest BCUT2D eigenvalue weighted by molar-refractivity contribution is 8.04. The fourth-order valence-corrected chi connectivity index (χ4v) is 3.94. The number of thioether (sulfide) groups is 1. The van der Waals surface area contributed by atoms with Crippen LogP contribution in [0, 0.1) is 0 Å². The average Bonchev–Trinajstić information content (AvgIpc) is 2.79. The predicted octanol–water partition coefficient (Wildman–Crippen LogP) is 5.43. The topological polar surface area (TPSA) is 67.4 Å². The van der Waals surface area contributed by atoms with E-state index in [1.807, 2.05) is 54.6 Å². The molecule has 1 aliphatic heterocycles. The molecule has 0 saturated carbocycles. The van der Waals surface area contributed by atoms with Gasteiger partial charge in [-0.2, -0.15) is 0 Å². The van der Waals surface area contributed by atoms with Crippen LogP contribution in [0.4, 0.5) is 11.4 Å². The van der Waals surface area contributed by atoms with E-state index in [1.165, 1.54) is 17.8 Å². The first-order chi connectivity index (χ1) is 15.1. The number of nitrogens with one attached hydrogen (secondary N) is 2. The third-order valence-corrected chi connectivity index (χ3v) is 5.70. The Bertz CT molecular complexity index is 1170. The van der Waals surface area contributed by atoms with Crippen LogP contribution in [0.3, 0.4) is 0 Å². The zero-order chi connectivity index (χ0) is 21.6. The highest BCUT2D eigenvalue weighted by Gasteiger charge is 2.20. The average molecular weight is 429 g/mol. The van der Waals surface area contributed by atoms with Gasteiger partial charge >= 0.3 is 0 Å². The maximum Gasteiger partial charge on any atom is 0.262 e. The van der Waals surface area contributed by atoms with Gasteiger partial charge in [-0.1, -0.05) is 48.2 Å². The first kappa shape index (κ1) is 20.5. The molecule has 1 aliphatic rings. The summed E-state index contributed by atoms with van der Waals surface area (Å²) in [5.41, 5.74) is 3.33. The molecule has 0 atom stereocenters. The number of ether oxygens (including phenoxy) is 1. The van der Waals surface area contributed by atoms with Gasteiger partial charge in [0.25, 0.3) is 5.91 Å². The predicted molar refractivity (Wildman–Crippen MR) is 126 cm³/mol. The van der Waals surface area contributed by atoms with Crippen LogP contribution in [0.5, 0.6) is 5.75 Å². The summed E-state index contributed by atoms with van der Waals surface area (Å²) in [6.07, 6.45) is 5.09. The van der Waals surface area contributed by atoms with Crippen LogP contribution in [0.25, 0.3) is 12.2 Å². The number of fused-ring (bicyclic) bond motifs is 1. The highest BCUT2D eigenvalue weighted by Crippen LogP contribution is 2.38. The number of anilines is 2. The van der Waals surface area contributed by atoms with E-state index in [0.717, 1.165) is 27.5 Å². The molecule has 0 aromatic heterocycles. The second-order valence-electron chi connectivity index (χ2n) is 6.78. The number of hydrogen-bond donors (Lipinski definition) is 2. The van der Waals surface area contributed by atoms with Gasteiger partial charge in [0, 0.05) is 16.7 Å². The van der Waals surface area contributed by atoms with Crippen molar-refractivity contribution in [3.63, 3.8) is 0 Å². The van der Waals surface area contributed by atoms with Crippen LogP contribution in [-0.4, -0.2) is 18.9 Å². The zero-order valence-electron chi connectivity index (χ0n) is 16.8. The van der Waals surface area contributed by atoms with Crippen molar-refractivity contribution in [1.82, 2.24) is 0 Å². The van der Waals surface area contributed by atoms with E-state index in [9.17, 15) is 9.59 Å². The molecule has 0 aliphatic carbocycles. The molecule has 6 heteroatoms. The lowest BCUT2D eigenvalue weighted by atomic mass is 10.1. The SMILES string of the molecule is COc1ccc(NC(=O)/C=C/c2ccc(/C=C3/Sc4ccccc4NC3=O)cc2)cc1. The molecule has 0 spiro atoms. The van der Waals surface area contributed by atoms with E-state index < -0.39 is 0 Å². The largest absolute Gasteiger partial charge is 0.497 e. The maximum atomic E-state index is 12.3. The molecule has 31 heavy (non-hydrogen) atoms. The van der Waals surface area contributed by atoms with Crippen molar-refractivity contribution in [2.75, 3.05) is 17.7 Å². The van der Waals surface area contributed by atoms with Crippen molar-refractivity contribution < 1.29 is 14.3 Å². The Hall–Kier alpha value is -3.77. The number of rotatable bonds is 5. The molecule has 4 rings (SSSR count).